The van der Waals surface area contributed by atoms with Crippen LogP contribution < -0.4 is 10.1 Å². The highest BCUT2D eigenvalue weighted by Gasteiger charge is 2.37. The molecule has 34 heavy (non-hydrogen) atoms. The largest absolute Gasteiger partial charge is 0.494 e. The Morgan fingerprint density at radius 1 is 1.12 bits per heavy atom. The zero-order valence-corrected chi connectivity index (χ0v) is 19.8. The minimum absolute atomic E-state index is 0.366. The lowest BCUT2D eigenvalue weighted by molar-refractivity contribution is 0.117. The van der Waals surface area contributed by atoms with Gasteiger partial charge >= 0.3 is 0 Å². The smallest absolute Gasteiger partial charge is 0.158 e. The number of hydrogen-bond donors (Lipinski definition) is 2. The van der Waals surface area contributed by atoms with Crippen molar-refractivity contribution in [3.8, 4) is 5.75 Å². The third-order valence-corrected chi connectivity index (χ3v) is 6.34. The summed E-state index contributed by atoms with van der Waals surface area (Å²) in [4.78, 5) is 8.48. The van der Waals surface area contributed by atoms with E-state index in [0.717, 1.165) is 28.1 Å². The predicted molar refractivity (Wildman–Crippen MR) is 134 cm³/mol. The molecule has 0 saturated heterocycles. The van der Waals surface area contributed by atoms with E-state index in [2.05, 4.69) is 27.4 Å². The Kier molecular flexibility index (Phi) is 5.86. The van der Waals surface area contributed by atoms with E-state index in [4.69, 9.17) is 16.3 Å². The Morgan fingerprint density at radius 3 is 2.71 bits per heavy atom. The van der Waals surface area contributed by atoms with Crippen molar-refractivity contribution in [1.82, 2.24) is 14.5 Å². The van der Waals surface area contributed by atoms with Gasteiger partial charge < -0.3 is 19.7 Å². The average Bonchev–Trinajstić information content (AvgIpc) is 3.30. The number of fused-ring (bicyclic) bond motifs is 1. The summed E-state index contributed by atoms with van der Waals surface area (Å²) in [6.07, 6.45) is 7.11. The molecular formula is C27H25ClN4O2. The van der Waals surface area contributed by atoms with Crippen LogP contribution in [-0.4, -0.2) is 32.8 Å². The van der Waals surface area contributed by atoms with E-state index >= 15 is 0 Å². The SMILES string of the molecule is CCOc1cccc(C2=CCNc3ccc(C(O)(c4ccc(Cl)nc4)c4cncn4C)cc32)c1. The number of ether oxygens (including phenoxy) is 1. The van der Waals surface area contributed by atoms with E-state index < -0.39 is 5.60 Å². The van der Waals surface area contributed by atoms with Gasteiger partial charge in [0.1, 0.15) is 10.9 Å². The number of anilines is 1. The molecule has 2 N–H and O–H groups in total. The number of benzene rings is 2. The maximum Gasteiger partial charge on any atom is 0.158 e. The van der Waals surface area contributed by atoms with Gasteiger partial charge in [0.15, 0.2) is 5.60 Å². The monoisotopic (exact) mass is 472 g/mol. The summed E-state index contributed by atoms with van der Waals surface area (Å²) in [6.45, 7) is 3.30. The lowest BCUT2D eigenvalue weighted by Crippen LogP contribution is -2.31. The normalized spacial score (nSPS) is 14.5. The number of imidazole rings is 1. The fraction of sp³-hybridized carbons (Fsp3) is 0.185. The Balaban J connectivity index is 1.67. The molecule has 0 radical (unpaired) electrons. The van der Waals surface area contributed by atoms with Crippen molar-refractivity contribution in [2.45, 2.75) is 12.5 Å². The molecule has 0 aliphatic carbocycles. The summed E-state index contributed by atoms with van der Waals surface area (Å²) in [6, 6.07) is 17.5. The molecule has 4 aromatic rings. The van der Waals surface area contributed by atoms with E-state index in [0.29, 0.717) is 35.1 Å². The second kappa shape index (κ2) is 8.97. The molecule has 0 amide bonds. The topological polar surface area (TPSA) is 72.2 Å². The minimum Gasteiger partial charge on any atom is -0.494 e. The highest BCUT2D eigenvalue weighted by atomic mass is 35.5. The van der Waals surface area contributed by atoms with E-state index in [1.807, 2.05) is 54.9 Å². The summed E-state index contributed by atoms with van der Waals surface area (Å²) in [5, 5.41) is 16.1. The van der Waals surface area contributed by atoms with Gasteiger partial charge in [-0.15, -0.1) is 0 Å². The highest BCUT2D eigenvalue weighted by Crippen LogP contribution is 2.41. The molecule has 1 unspecified atom stereocenters. The molecule has 6 nitrogen and oxygen atoms in total. The van der Waals surface area contributed by atoms with Crippen molar-refractivity contribution in [3.05, 3.63) is 112 Å². The van der Waals surface area contributed by atoms with Crippen LogP contribution in [0.15, 0.2) is 79.4 Å². The second-order valence-corrected chi connectivity index (χ2v) is 8.58. The molecule has 5 rings (SSSR count). The van der Waals surface area contributed by atoms with Gasteiger partial charge in [-0.25, -0.2) is 9.97 Å². The Labute approximate surface area is 203 Å². The van der Waals surface area contributed by atoms with Crippen LogP contribution in [0.1, 0.15) is 34.9 Å². The lowest BCUT2D eigenvalue weighted by Gasteiger charge is -2.31. The number of halogens is 1. The quantitative estimate of drug-likeness (QED) is 0.386. The zero-order chi connectivity index (χ0) is 23.7. The maximum atomic E-state index is 12.3. The summed E-state index contributed by atoms with van der Waals surface area (Å²) < 4.78 is 7.54. The molecule has 1 atom stereocenters. The molecular weight excluding hydrogens is 448 g/mol. The van der Waals surface area contributed by atoms with Crippen LogP contribution in [-0.2, 0) is 12.6 Å². The molecule has 7 heteroatoms. The summed E-state index contributed by atoms with van der Waals surface area (Å²) >= 11 is 6.04. The number of pyridine rings is 1. The van der Waals surface area contributed by atoms with Gasteiger partial charge in [-0.2, -0.15) is 0 Å². The molecule has 0 spiro atoms. The highest BCUT2D eigenvalue weighted by molar-refractivity contribution is 6.29. The maximum absolute atomic E-state index is 12.3. The molecule has 1 aliphatic heterocycles. The second-order valence-electron chi connectivity index (χ2n) is 8.19. The molecule has 2 aromatic heterocycles. The molecule has 1 aliphatic rings. The van der Waals surface area contributed by atoms with Gasteiger partial charge in [-0.1, -0.05) is 41.9 Å². The number of aliphatic hydroxyl groups is 1. The number of rotatable bonds is 6. The van der Waals surface area contributed by atoms with Crippen LogP contribution in [0.4, 0.5) is 5.69 Å². The van der Waals surface area contributed by atoms with Gasteiger partial charge in [0, 0.05) is 36.6 Å². The van der Waals surface area contributed by atoms with Crippen molar-refractivity contribution < 1.29 is 9.84 Å². The summed E-state index contributed by atoms with van der Waals surface area (Å²) in [5.41, 5.74) is 4.60. The van der Waals surface area contributed by atoms with Crippen molar-refractivity contribution in [2.75, 3.05) is 18.5 Å². The molecule has 2 aromatic carbocycles. The lowest BCUT2D eigenvalue weighted by atomic mass is 9.82. The Bertz CT molecular complexity index is 1360. The first kappa shape index (κ1) is 22.2. The number of hydrogen-bond acceptors (Lipinski definition) is 5. The van der Waals surface area contributed by atoms with E-state index in [9.17, 15) is 5.11 Å². The summed E-state index contributed by atoms with van der Waals surface area (Å²) in [5.74, 6) is 0.829. The third kappa shape index (κ3) is 3.85. The van der Waals surface area contributed by atoms with Crippen molar-refractivity contribution in [3.63, 3.8) is 0 Å². The number of aryl methyl sites for hydroxylation is 1. The fourth-order valence-corrected chi connectivity index (χ4v) is 4.58. The van der Waals surface area contributed by atoms with Crippen molar-refractivity contribution in [2.24, 2.45) is 7.05 Å². The first-order valence-electron chi connectivity index (χ1n) is 11.1. The summed E-state index contributed by atoms with van der Waals surface area (Å²) in [7, 11) is 1.86. The van der Waals surface area contributed by atoms with Crippen molar-refractivity contribution in [1.29, 1.82) is 0 Å². The van der Waals surface area contributed by atoms with Crippen LogP contribution in [0.25, 0.3) is 5.57 Å². The van der Waals surface area contributed by atoms with Crippen LogP contribution in [0, 0.1) is 0 Å². The minimum atomic E-state index is -1.48. The van der Waals surface area contributed by atoms with Gasteiger partial charge in [-0.05, 0) is 54.0 Å². The van der Waals surface area contributed by atoms with E-state index in [-0.39, 0.29) is 0 Å². The molecule has 0 bridgehead atoms. The fourth-order valence-electron chi connectivity index (χ4n) is 4.47. The van der Waals surface area contributed by atoms with Gasteiger partial charge in [-0.3, -0.25) is 0 Å². The van der Waals surface area contributed by atoms with Gasteiger partial charge in [0.05, 0.1) is 24.8 Å². The predicted octanol–water partition coefficient (Wildman–Crippen LogP) is 5.01. The first-order chi connectivity index (χ1) is 16.5. The molecule has 0 fully saturated rings. The van der Waals surface area contributed by atoms with E-state index in [1.165, 1.54) is 0 Å². The zero-order valence-electron chi connectivity index (χ0n) is 19.0. The average molecular weight is 473 g/mol. The number of nitrogens with zero attached hydrogens (tertiary/aromatic N) is 3. The number of aromatic nitrogens is 3. The van der Waals surface area contributed by atoms with Gasteiger partial charge in [0.25, 0.3) is 0 Å². The van der Waals surface area contributed by atoms with Crippen LogP contribution >= 0.6 is 11.6 Å². The Morgan fingerprint density at radius 2 is 1.97 bits per heavy atom. The van der Waals surface area contributed by atoms with Crippen molar-refractivity contribution >= 4 is 22.9 Å². The molecule has 3 heterocycles. The van der Waals surface area contributed by atoms with Gasteiger partial charge in [0.2, 0.25) is 0 Å². The van der Waals surface area contributed by atoms with E-state index in [1.54, 1.807) is 30.9 Å². The third-order valence-electron chi connectivity index (χ3n) is 6.11. The molecule has 0 saturated carbocycles. The van der Waals surface area contributed by atoms with Crippen LogP contribution in [0.5, 0.6) is 5.75 Å². The van der Waals surface area contributed by atoms with Crippen LogP contribution in [0.3, 0.4) is 0 Å². The standard InChI is InChI=1S/C27H25ClN4O2/c1-3-34-21-6-4-5-18(13-21)22-11-12-30-24-9-7-19(14-23(22)24)27(33,25-16-29-17-32(25)2)20-8-10-26(28)31-15-20/h4-11,13-17,30,33H,3,12H2,1-2H3. The number of nitrogens with one attached hydrogen (secondary N) is 1. The Hall–Kier alpha value is -3.61. The van der Waals surface area contributed by atoms with Crippen LogP contribution in [0.2, 0.25) is 5.15 Å². The first-order valence-corrected chi connectivity index (χ1v) is 11.5. The molecule has 172 valence electrons.